The van der Waals surface area contributed by atoms with Gasteiger partial charge in [0.25, 0.3) is 0 Å². The molecule has 2 aliphatic rings. The van der Waals surface area contributed by atoms with Gasteiger partial charge >= 0.3 is 6.18 Å². The summed E-state index contributed by atoms with van der Waals surface area (Å²) < 4.78 is 40.9. The molecule has 3 rings (SSSR count). The molecule has 0 aromatic heterocycles. The first-order valence-electron chi connectivity index (χ1n) is 8.23. The first-order valence-corrected chi connectivity index (χ1v) is 8.23. The van der Waals surface area contributed by atoms with Gasteiger partial charge < -0.3 is 15.4 Å². The molecule has 2 atom stereocenters. The van der Waals surface area contributed by atoms with Gasteiger partial charge in [-0.05, 0) is 55.9 Å². The van der Waals surface area contributed by atoms with E-state index in [1.165, 1.54) is 25.0 Å². The first kappa shape index (κ1) is 19.8. The molecule has 2 bridgehead atoms. The Kier molecular flexibility index (Phi) is 6.57. The Morgan fingerprint density at radius 3 is 2.32 bits per heavy atom. The van der Waals surface area contributed by atoms with Gasteiger partial charge in [-0.15, -0.1) is 12.4 Å². The van der Waals surface area contributed by atoms with E-state index < -0.39 is 12.8 Å². The van der Waals surface area contributed by atoms with Crippen LogP contribution in [0.4, 0.5) is 18.9 Å². The van der Waals surface area contributed by atoms with Crippen molar-refractivity contribution in [3.63, 3.8) is 0 Å². The number of hydrogen-bond donors (Lipinski definition) is 2. The summed E-state index contributed by atoms with van der Waals surface area (Å²) in [4.78, 5) is 12.1. The van der Waals surface area contributed by atoms with Crippen LogP contribution in [0.25, 0.3) is 0 Å². The molecule has 2 saturated heterocycles. The van der Waals surface area contributed by atoms with Crippen LogP contribution < -0.4 is 15.4 Å². The summed E-state index contributed by atoms with van der Waals surface area (Å²) in [6, 6.07) is 7.04. The number of rotatable bonds is 5. The van der Waals surface area contributed by atoms with Crippen molar-refractivity contribution in [2.24, 2.45) is 5.92 Å². The smallest absolute Gasteiger partial charge is 0.422 e. The van der Waals surface area contributed by atoms with Crippen molar-refractivity contribution in [2.75, 3.05) is 11.9 Å². The topological polar surface area (TPSA) is 50.4 Å². The highest BCUT2D eigenvalue weighted by molar-refractivity contribution is 5.90. The molecular formula is C17H22ClF3N2O2. The minimum atomic E-state index is -4.36. The van der Waals surface area contributed by atoms with E-state index in [-0.39, 0.29) is 24.1 Å². The second-order valence-corrected chi connectivity index (χ2v) is 6.66. The molecule has 4 nitrogen and oxygen atoms in total. The molecule has 1 aromatic carbocycles. The van der Waals surface area contributed by atoms with Crippen LogP contribution in [-0.2, 0) is 4.79 Å². The number of anilines is 1. The van der Waals surface area contributed by atoms with Crippen LogP contribution in [0.15, 0.2) is 24.3 Å². The fourth-order valence-corrected chi connectivity index (χ4v) is 3.62. The number of alkyl halides is 3. The fraction of sp³-hybridized carbons (Fsp3) is 0.588. The first-order chi connectivity index (χ1) is 11.4. The van der Waals surface area contributed by atoms with Gasteiger partial charge in [0.15, 0.2) is 6.61 Å². The molecular weight excluding hydrogens is 357 g/mol. The normalized spacial score (nSPS) is 25.2. The van der Waals surface area contributed by atoms with Crippen LogP contribution in [-0.4, -0.2) is 30.8 Å². The van der Waals surface area contributed by atoms with Gasteiger partial charge in [0, 0.05) is 24.2 Å². The maximum atomic E-state index is 12.1. The third-order valence-electron chi connectivity index (χ3n) is 4.59. The van der Waals surface area contributed by atoms with E-state index in [0.717, 1.165) is 12.8 Å². The van der Waals surface area contributed by atoms with Gasteiger partial charge in [0.2, 0.25) is 5.91 Å². The Morgan fingerprint density at radius 1 is 1.16 bits per heavy atom. The Labute approximate surface area is 150 Å². The minimum absolute atomic E-state index is 0. The van der Waals surface area contributed by atoms with Crippen LogP contribution in [0.1, 0.15) is 32.1 Å². The monoisotopic (exact) mass is 378 g/mol. The molecule has 8 heteroatoms. The van der Waals surface area contributed by atoms with E-state index in [9.17, 15) is 18.0 Å². The molecule has 0 saturated carbocycles. The predicted molar refractivity (Wildman–Crippen MR) is 91.2 cm³/mol. The van der Waals surface area contributed by atoms with Gasteiger partial charge in [-0.2, -0.15) is 13.2 Å². The number of hydrogen-bond acceptors (Lipinski definition) is 3. The van der Waals surface area contributed by atoms with Crippen molar-refractivity contribution in [3.8, 4) is 5.75 Å². The summed E-state index contributed by atoms with van der Waals surface area (Å²) in [6.45, 7) is -1.32. The van der Waals surface area contributed by atoms with Crippen LogP contribution in [0.3, 0.4) is 0 Å². The lowest BCUT2D eigenvalue weighted by molar-refractivity contribution is -0.153. The summed E-state index contributed by atoms with van der Waals surface area (Å²) in [6.07, 6.45) is 0.592. The van der Waals surface area contributed by atoms with Crippen molar-refractivity contribution in [2.45, 2.75) is 50.4 Å². The van der Waals surface area contributed by atoms with E-state index in [2.05, 4.69) is 15.4 Å². The highest BCUT2D eigenvalue weighted by Crippen LogP contribution is 2.32. The Morgan fingerprint density at radius 2 is 1.76 bits per heavy atom. The Hall–Kier alpha value is -1.47. The molecule has 2 N–H and O–H groups in total. The fourth-order valence-electron chi connectivity index (χ4n) is 3.62. The molecule has 0 aliphatic carbocycles. The average Bonchev–Trinajstić information content (AvgIpc) is 2.84. The Bertz CT molecular complexity index is 568. The summed E-state index contributed by atoms with van der Waals surface area (Å²) in [7, 11) is 0. The number of nitrogens with one attached hydrogen (secondary N) is 2. The van der Waals surface area contributed by atoms with E-state index >= 15 is 0 Å². The van der Waals surface area contributed by atoms with E-state index in [1.807, 2.05) is 0 Å². The number of carbonyl (C=O) groups excluding carboxylic acids is 1. The standard InChI is InChI=1S/C17H21F3N2O2.ClH/c18-17(19,20)10-24-15-5-3-12(4-6-15)22-16(23)9-11-7-13-1-2-14(8-11)21-13;/h3-6,11,13-14,21H,1-2,7-10H2,(H,22,23);1H. The zero-order chi connectivity index (χ0) is 17.2. The van der Waals surface area contributed by atoms with Crippen molar-refractivity contribution in [1.29, 1.82) is 0 Å². The lowest BCUT2D eigenvalue weighted by Gasteiger charge is -2.28. The zero-order valence-corrected chi connectivity index (χ0v) is 14.5. The van der Waals surface area contributed by atoms with E-state index in [0.29, 0.717) is 30.1 Å². The second-order valence-electron chi connectivity index (χ2n) is 6.66. The van der Waals surface area contributed by atoms with Crippen LogP contribution >= 0.6 is 12.4 Å². The van der Waals surface area contributed by atoms with Crippen molar-refractivity contribution >= 4 is 24.0 Å². The summed E-state index contributed by atoms with van der Waals surface area (Å²) >= 11 is 0. The molecule has 1 amide bonds. The van der Waals surface area contributed by atoms with Crippen LogP contribution in [0.2, 0.25) is 0 Å². The average molecular weight is 379 g/mol. The van der Waals surface area contributed by atoms with Crippen molar-refractivity contribution in [1.82, 2.24) is 5.32 Å². The van der Waals surface area contributed by atoms with Gasteiger partial charge in [-0.3, -0.25) is 4.79 Å². The van der Waals surface area contributed by atoms with Crippen LogP contribution in [0, 0.1) is 5.92 Å². The number of amides is 1. The summed E-state index contributed by atoms with van der Waals surface area (Å²) in [5.41, 5.74) is 0.566. The third kappa shape index (κ3) is 6.08. The van der Waals surface area contributed by atoms with Gasteiger partial charge in [-0.25, -0.2) is 0 Å². The molecule has 2 fully saturated rings. The molecule has 2 heterocycles. The minimum Gasteiger partial charge on any atom is -0.484 e. The van der Waals surface area contributed by atoms with E-state index in [1.54, 1.807) is 12.1 Å². The molecule has 0 spiro atoms. The molecule has 25 heavy (non-hydrogen) atoms. The van der Waals surface area contributed by atoms with Gasteiger partial charge in [0.05, 0.1) is 0 Å². The third-order valence-corrected chi connectivity index (χ3v) is 4.59. The molecule has 1 aromatic rings. The highest BCUT2D eigenvalue weighted by atomic mass is 35.5. The summed E-state index contributed by atoms with van der Waals surface area (Å²) in [5, 5.41) is 6.35. The molecule has 2 aliphatic heterocycles. The lowest BCUT2D eigenvalue weighted by atomic mass is 9.89. The number of fused-ring (bicyclic) bond motifs is 2. The second kappa shape index (κ2) is 8.27. The number of ether oxygens (including phenoxy) is 1. The van der Waals surface area contributed by atoms with Gasteiger partial charge in [-0.1, -0.05) is 0 Å². The zero-order valence-electron chi connectivity index (χ0n) is 13.6. The van der Waals surface area contributed by atoms with Gasteiger partial charge in [0.1, 0.15) is 5.75 Å². The largest absolute Gasteiger partial charge is 0.484 e. The number of piperidine rings is 1. The van der Waals surface area contributed by atoms with Crippen molar-refractivity contribution < 1.29 is 22.7 Å². The van der Waals surface area contributed by atoms with Crippen molar-refractivity contribution in [3.05, 3.63) is 24.3 Å². The summed E-state index contributed by atoms with van der Waals surface area (Å²) in [5.74, 6) is 0.476. The van der Waals surface area contributed by atoms with E-state index in [4.69, 9.17) is 0 Å². The Balaban J connectivity index is 0.00000225. The highest BCUT2D eigenvalue weighted by Gasteiger charge is 2.34. The maximum Gasteiger partial charge on any atom is 0.422 e. The SMILES string of the molecule is Cl.O=C(CC1CC2CCC(C1)N2)Nc1ccc(OCC(F)(F)F)cc1. The number of halogens is 4. The molecule has 2 unspecified atom stereocenters. The molecule has 140 valence electrons. The lowest BCUT2D eigenvalue weighted by Crippen LogP contribution is -2.39. The number of benzene rings is 1. The van der Waals surface area contributed by atoms with Crippen LogP contribution in [0.5, 0.6) is 5.75 Å². The number of carbonyl (C=O) groups is 1. The molecule has 0 radical (unpaired) electrons. The quantitative estimate of drug-likeness (QED) is 0.816. The maximum absolute atomic E-state index is 12.1. The predicted octanol–water partition coefficient (Wildman–Crippen LogP) is 3.91.